The van der Waals surface area contributed by atoms with Gasteiger partial charge in [0.05, 0.1) is 17.5 Å². The molecule has 0 aliphatic carbocycles. The number of hydrogen-bond donors (Lipinski definition) is 1. The number of nitrogens with zero attached hydrogens (tertiary/aromatic N) is 4. The second-order valence-corrected chi connectivity index (χ2v) is 5.41. The maximum atomic E-state index is 12.5. The van der Waals surface area contributed by atoms with E-state index in [-0.39, 0.29) is 23.8 Å². The van der Waals surface area contributed by atoms with Gasteiger partial charge in [-0.1, -0.05) is 6.07 Å². The van der Waals surface area contributed by atoms with Crippen LogP contribution in [-0.2, 0) is 11.3 Å². The van der Waals surface area contributed by atoms with Crippen LogP contribution in [0.5, 0.6) is 0 Å². The van der Waals surface area contributed by atoms with Crippen molar-refractivity contribution in [3.63, 3.8) is 0 Å². The molecule has 0 saturated carbocycles. The number of guanidine groups is 1. The lowest BCUT2D eigenvalue weighted by Crippen LogP contribution is -2.48. The van der Waals surface area contributed by atoms with Crippen LogP contribution in [0, 0.1) is 0 Å². The molecule has 3 rings (SSSR count). The molecule has 2 atom stereocenters. The molecule has 1 unspecified atom stereocenters. The molecule has 21 heavy (non-hydrogen) atoms. The van der Waals surface area contributed by atoms with Crippen LogP contribution in [-0.4, -0.2) is 39.6 Å². The number of carbonyl (C=O) groups is 1. The van der Waals surface area contributed by atoms with Crippen molar-refractivity contribution >= 4 is 22.8 Å². The minimum Gasteiger partial charge on any atom is -0.369 e. The Hall–Kier alpha value is -2.37. The van der Waals surface area contributed by atoms with E-state index in [1.807, 2.05) is 42.9 Å². The average molecular weight is 285 g/mol. The Morgan fingerprint density at radius 2 is 2.14 bits per heavy atom. The lowest BCUT2D eigenvalue weighted by molar-refractivity contribution is -0.129. The zero-order valence-electron chi connectivity index (χ0n) is 12.4. The summed E-state index contributed by atoms with van der Waals surface area (Å²) in [5.74, 6) is -0.0301. The van der Waals surface area contributed by atoms with Crippen LogP contribution in [0.3, 0.4) is 0 Å². The van der Waals surface area contributed by atoms with E-state index in [9.17, 15) is 4.79 Å². The zero-order valence-corrected chi connectivity index (χ0v) is 12.4. The van der Waals surface area contributed by atoms with Gasteiger partial charge in [0.2, 0.25) is 5.91 Å². The number of carbonyl (C=O) groups excluding carboxylic acids is 1. The number of hydrogen-bond acceptors (Lipinski definition) is 4. The molecular formula is C15H19N5O. The van der Waals surface area contributed by atoms with Crippen LogP contribution in [0.2, 0.25) is 0 Å². The third kappa shape index (κ3) is 2.16. The summed E-state index contributed by atoms with van der Waals surface area (Å²) in [5, 5.41) is 5.50. The molecule has 2 heterocycles. The van der Waals surface area contributed by atoms with Gasteiger partial charge in [-0.3, -0.25) is 14.4 Å². The lowest BCUT2D eigenvalue weighted by atomic mass is 9.89. The normalized spacial score (nSPS) is 22.7. The van der Waals surface area contributed by atoms with Gasteiger partial charge in [-0.05, 0) is 31.5 Å². The number of benzene rings is 1. The van der Waals surface area contributed by atoms with Gasteiger partial charge in [-0.25, -0.2) is 4.99 Å². The Kier molecular flexibility index (Phi) is 3.16. The molecule has 1 aliphatic rings. The van der Waals surface area contributed by atoms with Gasteiger partial charge < -0.3 is 5.73 Å². The molecule has 0 bridgehead atoms. The molecule has 110 valence electrons. The van der Waals surface area contributed by atoms with Gasteiger partial charge >= 0.3 is 0 Å². The average Bonchev–Trinajstić information content (AvgIpc) is 2.87. The quantitative estimate of drug-likeness (QED) is 0.904. The summed E-state index contributed by atoms with van der Waals surface area (Å²) in [5.41, 5.74) is 7.65. The van der Waals surface area contributed by atoms with E-state index in [4.69, 9.17) is 5.73 Å². The number of amides is 1. The smallest absolute Gasteiger partial charge is 0.238 e. The van der Waals surface area contributed by atoms with E-state index in [2.05, 4.69) is 10.1 Å². The third-order valence-corrected chi connectivity index (χ3v) is 4.02. The second kappa shape index (κ2) is 4.87. The highest BCUT2D eigenvalue weighted by molar-refractivity contribution is 6.01. The number of aromatic nitrogens is 2. The first-order chi connectivity index (χ1) is 10.0. The number of rotatable bonds is 2. The summed E-state index contributed by atoms with van der Waals surface area (Å²) < 4.78 is 1.89. The van der Waals surface area contributed by atoms with Crippen LogP contribution in [0.25, 0.3) is 10.9 Å². The van der Waals surface area contributed by atoms with Gasteiger partial charge in [0.1, 0.15) is 0 Å². The number of nitrogens with two attached hydrogens (primary N) is 1. The standard InChI is InChI=1S/C15H19N5O/c1-4-20-8-11-7-10(5-6-12(11)18-20)13-9(2)17-15(16)19(3)14(13)21/h5-9,13H,4H2,1-3H3,(H2,16,17)/t9-,13?/m0/s1. The molecule has 1 aromatic heterocycles. The largest absolute Gasteiger partial charge is 0.369 e. The molecule has 2 aromatic rings. The molecule has 0 spiro atoms. The monoisotopic (exact) mass is 285 g/mol. The summed E-state index contributed by atoms with van der Waals surface area (Å²) in [6, 6.07) is 5.78. The van der Waals surface area contributed by atoms with Crippen molar-refractivity contribution in [2.45, 2.75) is 32.4 Å². The van der Waals surface area contributed by atoms with Gasteiger partial charge in [-0.15, -0.1) is 0 Å². The zero-order chi connectivity index (χ0) is 15.1. The third-order valence-electron chi connectivity index (χ3n) is 4.02. The molecule has 1 aromatic carbocycles. The van der Waals surface area contributed by atoms with E-state index in [1.54, 1.807) is 7.05 Å². The fraction of sp³-hybridized carbons (Fsp3) is 0.400. The molecule has 0 radical (unpaired) electrons. The fourth-order valence-corrected chi connectivity index (χ4v) is 2.77. The molecule has 0 saturated heterocycles. The van der Waals surface area contributed by atoms with Crippen LogP contribution in [0.4, 0.5) is 0 Å². The van der Waals surface area contributed by atoms with Crippen molar-refractivity contribution in [2.24, 2.45) is 10.7 Å². The Bertz CT molecular complexity index is 733. The maximum absolute atomic E-state index is 12.5. The summed E-state index contributed by atoms with van der Waals surface area (Å²) in [7, 11) is 1.66. The van der Waals surface area contributed by atoms with Gasteiger partial charge in [0.15, 0.2) is 5.96 Å². The number of aryl methyl sites for hydroxylation is 1. The van der Waals surface area contributed by atoms with E-state index in [1.165, 1.54) is 4.90 Å². The SMILES string of the molecule is CCn1cc2cc(C3C(=O)N(C)C(N)=N[C@H]3C)ccc2n1. The summed E-state index contributed by atoms with van der Waals surface area (Å²) in [4.78, 5) is 18.3. The van der Waals surface area contributed by atoms with E-state index < -0.39 is 0 Å². The fourth-order valence-electron chi connectivity index (χ4n) is 2.77. The van der Waals surface area contributed by atoms with E-state index in [0.29, 0.717) is 0 Å². The van der Waals surface area contributed by atoms with Gasteiger partial charge in [0.25, 0.3) is 0 Å². The van der Waals surface area contributed by atoms with Crippen molar-refractivity contribution in [3.8, 4) is 0 Å². The molecule has 0 fully saturated rings. The summed E-state index contributed by atoms with van der Waals surface area (Å²) >= 11 is 0. The van der Waals surface area contributed by atoms with Crippen LogP contribution in [0.1, 0.15) is 25.3 Å². The molecule has 1 aliphatic heterocycles. The highest BCUT2D eigenvalue weighted by atomic mass is 16.2. The minimum absolute atomic E-state index is 0.0165. The number of likely N-dealkylation sites (N-methyl/N-ethyl adjacent to an activating group) is 1. The molecule has 6 heteroatoms. The topological polar surface area (TPSA) is 76.5 Å². The lowest BCUT2D eigenvalue weighted by Gasteiger charge is -2.31. The predicted octanol–water partition coefficient (Wildman–Crippen LogP) is 1.31. The second-order valence-electron chi connectivity index (χ2n) is 5.41. The first-order valence-corrected chi connectivity index (χ1v) is 7.09. The first kappa shape index (κ1) is 13.6. The van der Waals surface area contributed by atoms with Crippen LogP contribution < -0.4 is 5.73 Å². The van der Waals surface area contributed by atoms with Gasteiger partial charge in [0, 0.05) is 25.2 Å². The Morgan fingerprint density at radius 3 is 2.86 bits per heavy atom. The highest BCUT2D eigenvalue weighted by Crippen LogP contribution is 2.29. The van der Waals surface area contributed by atoms with Crippen molar-refractivity contribution in [2.75, 3.05) is 7.05 Å². The van der Waals surface area contributed by atoms with Crippen LogP contribution in [0.15, 0.2) is 29.4 Å². The maximum Gasteiger partial charge on any atom is 0.238 e. The summed E-state index contributed by atoms with van der Waals surface area (Å²) in [6.07, 6.45) is 2.00. The number of aliphatic imine (C=N–C) groups is 1. The Labute approximate surface area is 123 Å². The van der Waals surface area contributed by atoms with Crippen molar-refractivity contribution in [1.82, 2.24) is 14.7 Å². The highest BCUT2D eigenvalue weighted by Gasteiger charge is 2.34. The minimum atomic E-state index is -0.295. The van der Waals surface area contributed by atoms with E-state index in [0.717, 1.165) is 23.0 Å². The Morgan fingerprint density at radius 1 is 1.38 bits per heavy atom. The van der Waals surface area contributed by atoms with E-state index >= 15 is 0 Å². The molecular weight excluding hydrogens is 266 g/mol. The molecule has 2 N–H and O–H groups in total. The van der Waals surface area contributed by atoms with Crippen molar-refractivity contribution < 1.29 is 4.79 Å². The molecule has 1 amide bonds. The molecule has 6 nitrogen and oxygen atoms in total. The summed E-state index contributed by atoms with van der Waals surface area (Å²) in [6.45, 7) is 4.79. The van der Waals surface area contributed by atoms with Crippen LogP contribution >= 0.6 is 0 Å². The van der Waals surface area contributed by atoms with Gasteiger partial charge in [-0.2, -0.15) is 5.10 Å². The van der Waals surface area contributed by atoms with Crippen molar-refractivity contribution in [1.29, 1.82) is 0 Å². The Balaban J connectivity index is 2.05. The number of fused-ring (bicyclic) bond motifs is 1. The predicted molar refractivity (Wildman–Crippen MR) is 82.0 cm³/mol. The van der Waals surface area contributed by atoms with Crippen molar-refractivity contribution in [3.05, 3.63) is 30.0 Å². The first-order valence-electron chi connectivity index (χ1n) is 7.09.